The SMILES string of the molecule is CCOC(=O)c1c(-c2ccc(-c3ccccc3NS(C)(=O)=O)cc2)c(C#N)c(C)n1C. The maximum absolute atomic E-state index is 12.6. The molecule has 1 aromatic heterocycles. The Kier molecular flexibility index (Phi) is 6.18. The third-order valence-electron chi connectivity index (χ3n) is 4.97. The van der Waals surface area contributed by atoms with Gasteiger partial charge >= 0.3 is 5.97 Å². The first-order valence-corrected chi connectivity index (χ1v) is 11.5. The van der Waals surface area contributed by atoms with E-state index in [0.29, 0.717) is 33.8 Å². The number of aromatic nitrogens is 1. The Morgan fingerprint density at radius 1 is 1.13 bits per heavy atom. The number of nitriles is 1. The quantitative estimate of drug-likeness (QED) is 0.586. The Morgan fingerprint density at radius 3 is 2.32 bits per heavy atom. The van der Waals surface area contributed by atoms with Crippen molar-refractivity contribution in [3.63, 3.8) is 0 Å². The summed E-state index contributed by atoms with van der Waals surface area (Å²) in [4.78, 5) is 12.6. The number of carbonyl (C=O) groups is 1. The number of rotatable bonds is 6. The van der Waals surface area contributed by atoms with Crippen LogP contribution in [0.15, 0.2) is 48.5 Å². The summed E-state index contributed by atoms with van der Waals surface area (Å²) in [7, 11) is -1.70. The normalized spacial score (nSPS) is 11.1. The number of nitrogens with zero attached hydrogens (tertiary/aromatic N) is 2. The molecule has 1 N–H and O–H groups in total. The Balaban J connectivity index is 2.11. The molecule has 0 amide bonds. The number of hydrogen-bond donors (Lipinski definition) is 1. The van der Waals surface area contributed by atoms with Crippen LogP contribution < -0.4 is 4.72 Å². The second-order valence-corrected chi connectivity index (χ2v) is 8.82. The first-order chi connectivity index (χ1) is 14.7. The molecular formula is C23H23N3O4S. The molecule has 1 heterocycles. The van der Waals surface area contributed by atoms with Gasteiger partial charge in [-0.15, -0.1) is 0 Å². The van der Waals surface area contributed by atoms with Crippen LogP contribution in [0.5, 0.6) is 0 Å². The van der Waals surface area contributed by atoms with E-state index in [0.717, 1.165) is 17.4 Å². The summed E-state index contributed by atoms with van der Waals surface area (Å²) in [6.07, 6.45) is 1.10. The fourth-order valence-electron chi connectivity index (χ4n) is 3.50. The number of benzene rings is 2. The molecule has 0 aliphatic carbocycles. The van der Waals surface area contributed by atoms with Crippen LogP contribution >= 0.6 is 0 Å². The second-order valence-electron chi connectivity index (χ2n) is 7.07. The minimum Gasteiger partial charge on any atom is -0.461 e. The lowest BCUT2D eigenvalue weighted by Crippen LogP contribution is -2.11. The van der Waals surface area contributed by atoms with Crippen LogP contribution in [0.25, 0.3) is 22.3 Å². The van der Waals surface area contributed by atoms with E-state index in [1.165, 1.54) is 0 Å². The van der Waals surface area contributed by atoms with E-state index in [2.05, 4.69) is 10.8 Å². The van der Waals surface area contributed by atoms with E-state index in [-0.39, 0.29) is 6.61 Å². The monoisotopic (exact) mass is 437 g/mol. The van der Waals surface area contributed by atoms with Crippen LogP contribution in [0.1, 0.15) is 28.7 Å². The predicted molar refractivity (Wildman–Crippen MR) is 120 cm³/mol. The topological polar surface area (TPSA) is 101 Å². The fourth-order valence-corrected chi connectivity index (χ4v) is 4.08. The maximum Gasteiger partial charge on any atom is 0.355 e. The lowest BCUT2D eigenvalue weighted by atomic mass is 9.97. The van der Waals surface area contributed by atoms with E-state index in [4.69, 9.17) is 4.74 Å². The van der Waals surface area contributed by atoms with Crippen molar-refractivity contribution >= 4 is 21.7 Å². The summed E-state index contributed by atoms with van der Waals surface area (Å²) in [6.45, 7) is 3.75. The van der Waals surface area contributed by atoms with Crippen LogP contribution in [0.4, 0.5) is 5.69 Å². The van der Waals surface area contributed by atoms with Crippen molar-refractivity contribution in [3.05, 3.63) is 65.5 Å². The van der Waals surface area contributed by atoms with Gasteiger partial charge in [-0.2, -0.15) is 5.26 Å². The average Bonchev–Trinajstić information content (AvgIpc) is 2.98. The van der Waals surface area contributed by atoms with Crippen molar-refractivity contribution < 1.29 is 17.9 Å². The number of sulfonamides is 1. The summed E-state index contributed by atoms with van der Waals surface area (Å²) in [5.74, 6) is -0.489. The molecule has 31 heavy (non-hydrogen) atoms. The first kappa shape index (κ1) is 22.1. The smallest absolute Gasteiger partial charge is 0.355 e. The van der Waals surface area contributed by atoms with Crippen LogP contribution in [-0.2, 0) is 21.8 Å². The largest absolute Gasteiger partial charge is 0.461 e. The van der Waals surface area contributed by atoms with Gasteiger partial charge in [0.05, 0.1) is 24.1 Å². The minimum atomic E-state index is -3.43. The van der Waals surface area contributed by atoms with E-state index in [1.54, 1.807) is 37.6 Å². The summed E-state index contributed by atoms with van der Waals surface area (Å²) < 4.78 is 32.8. The number of hydrogen-bond acceptors (Lipinski definition) is 5. The molecule has 0 spiro atoms. The summed E-state index contributed by atoms with van der Waals surface area (Å²) in [6, 6.07) is 16.6. The molecule has 3 aromatic rings. The van der Waals surface area contributed by atoms with Gasteiger partial charge < -0.3 is 9.30 Å². The van der Waals surface area contributed by atoms with E-state index in [9.17, 15) is 18.5 Å². The molecule has 0 saturated heterocycles. The zero-order valence-corrected chi connectivity index (χ0v) is 18.6. The van der Waals surface area contributed by atoms with Crippen molar-refractivity contribution in [2.75, 3.05) is 17.6 Å². The van der Waals surface area contributed by atoms with Gasteiger partial charge in [0.25, 0.3) is 0 Å². The third-order valence-corrected chi connectivity index (χ3v) is 5.57. The molecule has 0 atom stereocenters. The van der Waals surface area contributed by atoms with Gasteiger partial charge in [0.15, 0.2) is 0 Å². The zero-order chi connectivity index (χ0) is 22.8. The molecule has 7 nitrogen and oxygen atoms in total. The lowest BCUT2D eigenvalue weighted by Gasteiger charge is -2.12. The van der Waals surface area contributed by atoms with Crippen LogP contribution in [-0.4, -0.2) is 31.8 Å². The zero-order valence-electron chi connectivity index (χ0n) is 17.8. The van der Waals surface area contributed by atoms with E-state index in [1.807, 2.05) is 36.4 Å². The number of ether oxygens (including phenoxy) is 1. The lowest BCUT2D eigenvalue weighted by molar-refractivity contribution is 0.0516. The van der Waals surface area contributed by atoms with Crippen LogP contribution in [0, 0.1) is 18.3 Å². The third kappa shape index (κ3) is 4.47. The molecular weight excluding hydrogens is 414 g/mol. The highest BCUT2D eigenvalue weighted by atomic mass is 32.2. The highest BCUT2D eigenvalue weighted by molar-refractivity contribution is 7.92. The van der Waals surface area contributed by atoms with Gasteiger partial charge in [-0.05, 0) is 31.0 Å². The number of anilines is 1. The minimum absolute atomic E-state index is 0.230. The molecule has 160 valence electrons. The van der Waals surface area contributed by atoms with Gasteiger partial charge in [0.1, 0.15) is 11.8 Å². The van der Waals surface area contributed by atoms with Gasteiger partial charge in [0.2, 0.25) is 10.0 Å². The van der Waals surface area contributed by atoms with Crippen LogP contribution in [0.2, 0.25) is 0 Å². The van der Waals surface area contributed by atoms with Gasteiger partial charge in [-0.1, -0.05) is 42.5 Å². The Hall–Kier alpha value is -3.57. The molecule has 3 rings (SSSR count). The first-order valence-electron chi connectivity index (χ1n) is 9.62. The van der Waals surface area contributed by atoms with Crippen LogP contribution in [0.3, 0.4) is 0 Å². The molecule has 0 saturated carbocycles. The van der Waals surface area contributed by atoms with Crippen molar-refractivity contribution in [3.8, 4) is 28.3 Å². The second kappa shape index (κ2) is 8.66. The Morgan fingerprint density at radius 2 is 1.74 bits per heavy atom. The summed E-state index contributed by atoms with van der Waals surface area (Å²) in [5.41, 5.74) is 4.61. The highest BCUT2D eigenvalue weighted by Gasteiger charge is 2.25. The molecule has 8 heteroatoms. The van der Waals surface area contributed by atoms with Gasteiger partial charge in [-0.3, -0.25) is 4.72 Å². The Labute approximate surface area is 181 Å². The van der Waals surface area contributed by atoms with E-state index >= 15 is 0 Å². The Bertz CT molecular complexity index is 1280. The number of para-hydroxylation sites is 1. The van der Waals surface area contributed by atoms with E-state index < -0.39 is 16.0 Å². The molecule has 0 unspecified atom stereocenters. The standard InChI is InChI=1S/C23H23N3O4S/c1-5-30-23(27)22-21(19(14-24)15(2)26(22)3)17-12-10-16(11-13-17)18-8-6-7-9-20(18)25-31(4,28)29/h6-13,25H,5H2,1-4H3. The molecule has 0 aliphatic rings. The highest BCUT2D eigenvalue weighted by Crippen LogP contribution is 2.35. The molecule has 2 aromatic carbocycles. The average molecular weight is 438 g/mol. The van der Waals surface area contributed by atoms with Crippen molar-refractivity contribution in [1.29, 1.82) is 5.26 Å². The number of carbonyl (C=O) groups excluding carboxylic acids is 1. The van der Waals surface area contributed by atoms with Crippen molar-refractivity contribution in [2.24, 2.45) is 7.05 Å². The number of nitrogens with one attached hydrogen (secondary N) is 1. The molecule has 0 radical (unpaired) electrons. The summed E-state index contributed by atoms with van der Waals surface area (Å²) in [5, 5.41) is 9.71. The predicted octanol–water partition coefficient (Wildman–Crippen LogP) is 4.09. The molecule has 0 fully saturated rings. The molecule has 0 aliphatic heterocycles. The number of esters is 1. The maximum atomic E-state index is 12.6. The summed E-state index contributed by atoms with van der Waals surface area (Å²) >= 11 is 0. The van der Waals surface area contributed by atoms with Gasteiger partial charge in [-0.25, -0.2) is 13.2 Å². The van der Waals surface area contributed by atoms with Gasteiger partial charge in [0, 0.05) is 23.9 Å². The fraction of sp³-hybridized carbons (Fsp3) is 0.217. The molecule has 0 bridgehead atoms. The van der Waals surface area contributed by atoms with Crippen molar-refractivity contribution in [2.45, 2.75) is 13.8 Å². The van der Waals surface area contributed by atoms with Crippen molar-refractivity contribution in [1.82, 2.24) is 4.57 Å².